The molecule has 0 saturated heterocycles. The van der Waals surface area contributed by atoms with Crippen LogP contribution < -0.4 is 18.9 Å². The summed E-state index contributed by atoms with van der Waals surface area (Å²) in [5.41, 5.74) is 0. The number of nitrogens with one attached hydrogen (secondary N) is 1. The van der Waals surface area contributed by atoms with Crippen LogP contribution >= 0.6 is 0 Å². The number of hydrogen-bond acceptors (Lipinski definition) is 6. The highest BCUT2D eigenvalue weighted by molar-refractivity contribution is 7.89. The Kier molecular flexibility index (Phi) is 5.79. The summed E-state index contributed by atoms with van der Waals surface area (Å²) in [4.78, 5) is 10.2. The van der Waals surface area contributed by atoms with Gasteiger partial charge in [-0.3, -0.25) is 4.79 Å². The highest BCUT2D eigenvalue weighted by Gasteiger charge is 2.26. The van der Waals surface area contributed by atoms with Crippen molar-refractivity contribution in [2.45, 2.75) is 11.3 Å². The van der Waals surface area contributed by atoms with Gasteiger partial charge in [0.2, 0.25) is 10.0 Å². The van der Waals surface area contributed by atoms with Crippen LogP contribution in [0.1, 0.15) is 6.42 Å². The number of benzene rings is 1. The maximum absolute atomic E-state index is 12.3. The lowest BCUT2D eigenvalue weighted by Crippen LogP contribution is -2.27. The second kappa shape index (κ2) is 7.14. The van der Waals surface area contributed by atoms with Crippen molar-refractivity contribution < 1.29 is 32.5 Å². The third-order valence-electron chi connectivity index (χ3n) is 2.57. The largest absolute Gasteiger partial charge is 0.496 e. The third-order valence-corrected chi connectivity index (χ3v) is 4.09. The summed E-state index contributed by atoms with van der Waals surface area (Å²) < 4.78 is 41.8. The maximum Gasteiger partial charge on any atom is 0.304 e. The Balaban J connectivity index is 3.23. The minimum atomic E-state index is -3.99. The zero-order valence-corrected chi connectivity index (χ0v) is 12.7. The monoisotopic (exact) mass is 319 g/mol. The van der Waals surface area contributed by atoms with Gasteiger partial charge in [0.1, 0.15) is 17.2 Å². The lowest BCUT2D eigenvalue weighted by molar-refractivity contribution is -0.136. The molecule has 8 nitrogen and oxygen atoms in total. The maximum atomic E-state index is 12.3. The molecule has 21 heavy (non-hydrogen) atoms. The number of carboxylic acids is 1. The first kappa shape index (κ1) is 17.1. The standard InChI is InChI=1S/C12H17NO7S/c1-18-8-6-9(19-2)12(10(7-8)20-3)21(16,17)13-5-4-11(14)15/h6-7,13H,4-5H2,1-3H3,(H,14,15). The molecule has 1 aromatic carbocycles. The van der Waals surface area contributed by atoms with E-state index in [-0.39, 0.29) is 29.4 Å². The molecule has 0 fully saturated rings. The van der Waals surface area contributed by atoms with Crippen LogP contribution in [-0.4, -0.2) is 47.4 Å². The highest BCUT2D eigenvalue weighted by atomic mass is 32.2. The molecule has 0 atom stereocenters. The molecule has 0 aromatic heterocycles. The van der Waals surface area contributed by atoms with Crippen LogP contribution in [-0.2, 0) is 14.8 Å². The molecule has 0 bridgehead atoms. The van der Waals surface area contributed by atoms with Gasteiger partial charge in [0.15, 0.2) is 4.90 Å². The fourth-order valence-electron chi connectivity index (χ4n) is 1.60. The molecule has 0 saturated carbocycles. The number of carboxylic acid groups (broad SMARTS) is 1. The first-order valence-corrected chi connectivity index (χ1v) is 7.35. The van der Waals surface area contributed by atoms with E-state index >= 15 is 0 Å². The van der Waals surface area contributed by atoms with E-state index in [9.17, 15) is 13.2 Å². The van der Waals surface area contributed by atoms with E-state index in [1.807, 2.05) is 0 Å². The first-order valence-electron chi connectivity index (χ1n) is 5.87. The molecule has 0 amide bonds. The molecule has 0 aliphatic heterocycles. The molecule has 1 rings (SSSR count). The van der Waals surface area contributed by atoms with Gasteiger partial charge in [-0.2, -0.15) is 0 Å². The van der Waals surface area contributed by atoms with Gasteiger partial charge in [-0.05, 0) is 0 Å². The van der Waals surface area contributed by atoms with Gasteiger partial charge in [-0.15, -0.1) is 0 Å². The molecule has 1 aromatic rings. The van der Waals surface area contributed by atoms with Crippen LogP contribution in [0.5, 0.6) is 17.2 Å². The van der Waals surface area contributed by atoms with E-state index in [0.717, 1.165) is 0 Å². The van der Waals surface area contributed by atoms with Crippen LogP contribution in [0.3, 0.4) is 0 Å². The molecule has 0 aliphatic rings. The number of rotatable bonds is 8. The van der Waals surface area contributed by atoms with E-state index in [2.05, 4.69) is 4.72 Å². The van der Waals surface area contributed by atoms with Crippen molar-refractivity contribution in [3.63, 3.8) is 0 Å². The number of sulfonamides is 1. The van der Waals surface area contributed by atoms with Crippen molar-refractivity contribution in [2.24, 2.45) is 0 Å². The van der Waals surface area contributed by atoms with Crippen LogP contribution in [0.25, 0.3) is 0 Å². The van der Waals surface area contributed by atoms with Gasteiger partial charge >= 0.3 is 5.97 Å². The topological polar surface area (TPSA) is 111 Å². The number of carbonyl (C=O) groups is 1. The Morgan fingerprint density at radius 1 is 1.14 bits per heavy atom. The van der Waals surface area contributed by atoms with E-state index in [0.29, 0.717) is 5.75 Å². The lowest BCUT2D eigenvalue weighted by atomic mass is 10.3. The number of hydrogen-bond donors (Lipinski definition) is 2. The van der Waals surface area contributed by atoms with Crippen molar-refractivity contribution in [1.82, 2.24) is 4.72 Å². The van der Waals surface area contributed by atoms with Gasteiger partial charge < -0.3 is 19.3 Å². The van der Waals surface area contributed by atoms with Crippen LogP contribution in [0, 0.1) is 0 Å². The summed E-state index contributed by atoms with van der Waals surface area (Å²) in [6.45, 7) is -0.240. The Labute approximate surface area is 122 Å². The van der Waals surface area contributed by atoms with E-state index in [1.165, 1.54) is 33.5 Å². The Hall–Kier alpha value is -2.00. The molecular formula is C12H17NO7S. The summed E-state index contributed by atoms with van der Waals surface area (Å²) in [6.07, 6.45) is -0.333. The molecule has 0 unspecified atom stereocenters. The molecule has 2 N–H and O–H groups in total. The number of methoxy groups -OCH3 is 3. The highest BCUT2D eigenvalue weighted by Crippen LogP contribution is 2.37. The summed E-state index contributed by atoms with van der Waals surface area (Å²) in [6, 6.07) is 2.79. The second-order valence-corrected chi connectivity index (χ2v) is 5.61. The smallest absolute Gasteiger partial charge is 0.304 e. The molecule has 9 heteroatoms. The SMILES string of the molecule is COc1cc(OC)c(S(=O)(=O)NCCC(=O)O)c(OC)c1. The van der Waals surface area contributed by atoms with Crippen molar-refractivity contribution >= 4 is 16.0 Å². The lowest BCUT2D eigenvalue weighted by Gasteiger charge is -2.15. The number of aliphatic carboxylic acids is 1. The van der Waals surface area contributed by atoms with Gasteiger partial charge in [0.05, 0.1) is 27.8 Å². The van der Waals surface area contributed by atoms with Crippen LogP contribution in [0.2, 0.25) is 0 Å². The minimum Gasteiger partial charge on any atom is -0.496 e. The number of ether oxygens (including phenoxy) is 3. The van der Waals surface area contributed by atoms with Crippen molar-refractivity contribution in [3.05, 3.63) is 12.1 Å². The Bertz CT molecular complexity index is 587. The van der Waals surface area contributed by atoms with Gasteiger partial charge in [-0.1, -0.05) is 0 Å². The Morgan fingerprint density at radius 2 is 1.67 bits per heavy atom. The molecule has 0 aliphatic carbocycles. The minimum absolute atomic E-state index is 0.0361. The average molecular weight is 319 g/mol. The molecule has 0 spiro atoms. The Morgan fingerprint density at radius 3 is 2.05 bits per heavy atom. The van der Waals surface area contributed by atoms with E-state index in [4.69, 9.17) is 19.3 Å². The quantitative estimate of drug-likeness (QED) is 0.716. The molecule has 0 heterocycles. The summed E-state index contributed by atoms with van der Waals surface area (Å²) in [5.74, 6) is -0.664. The van der Waals surface area contributed by atoms with Crippen LogP contribution in [0.4, 0.5) is 0 Å². The third kappa shape index (κ3) is 4.23. The summed E-state index contributed by atoms with van der Waals surface area (Å²) in [5, 5.41) is 8.55. The normalized spacial score (nSPS) is 11.0. The second-order valence-electron chi connectivity index (χ2n) is 3.90. The van der Waals surface area contributed by atoms with E-state index < -0.39 is 16.0 Å². The van der Waals surface area contributed by atoms with Gasteiger partial charge in [0, 0.05) is 18.7 Å². The van der Waals surface area contributed by atoms with Gasteiger partial charge in [0.25, 0.3) is 0 Å². The first-order chi connectivity index (χ1) is 9.85. The molecule has 118 valence electrons. The molecular weight excluding hydrogens is 302 g/mol. The zero-order chi connectivity index (χ0) is 16.0. The summed E-state index contributed by atoms with van der Waals surface area (Å²) in [7, 11) is 0.0588. The molecule has 0 radical (unpaired) electrons. The van der Waals surface area contributed by atoms with Crippen LogP contribution in [0.15, 0.2) is 17.0 Å². The predicted octanol–water partition coefficient (Wildman–Crippen LogP) is 0.465. The van der Waals surface area contributed by atoms with Crippen molar-refractivity contribution in [2.75, 3.05) is 27.9 Å². The summed E-state index contributed by atoms with van der Waals surface area (Å²) >= 11 is 0. The fourth-order valence-corrected chi connectivity index (χ4v) is 2.93. The predicted molar refractivity (Wildman–Crippen MR) is 73.5 cm³/mol. The van der Waals surface area contributed by atoms with E-state index in [1.54, 1.807) is 0 Å². The van der Waals surface area contributed by atoms with Crippen molar-refractivity contribution in [1.29, 1.82) is 0 Å². The van der Waals surface area contributed by atoms with Gasteiger partial charge in [-0.25, -0.2) is 13.1 Å². The average Bonchev–Trinajstić information content (AvgIpc) is 2.44. The van der Waals surface area contributed by atoms with Crippen molar-refractivity contribution in [3.8, 4) is 17.2 Å². The zero-order valence-electron chi connectivity index (χ0n) is 11.9. The fraction of sp³-hybridized carbons (Fsp3) is 0.417.